The van der Waals surface area contributed by atoms with Gasteiger partial charge in [0, 0.05) is 5.54 Å². The summed E-state index contributed by atoms with van der Waals surface area (Å²) in [6.45, 7) is 4.08. The normalized spacial score (nSPS) is 19.0. The van der Waals surface area contributed by atoms with Crippen LogP contribution in [0.4, 0.5) is 0 Å². The average molecular weight is 291 g/mol. The SMILES string of the molecule is COc1ccc(CC(C)(CC(=O)O)N2CCCCC2)cc1. The molecule has 0 bridgehead atoms. The number of benzene rings is 1. The molecule has 2 rings (SSSR count). The van der Waals surface area contributed by atoms with Crippen molar-refractivity contribution < 1.29 is 14.6 Å². The Morgan fingerprint density at radius 2 is 1.86 bits per heavy atom. The second-order valence-electron chi connectivity index (χ2n) is 6.14. The summed E-state index contributed by atoms with van der Waals surface area (Å²) in [7, 11) is 1.65. The van der Waals surface area contributed by atoms with Crippen LogP contribution in [0.15, 0.2) is 24.3 Å². The molecule has 4 heteroatoms. The van der Waals surface area contributed by atoms with Crippen LogP contribution in [0.1, 0.15) is 38.2 Å². The van der Waals surface area contributed by atoms with Crippen molar-refractivity contribution in [1.82, 2.24) is 4.90 Å². The number of carboxylic acids is 1. The molecule has 1 aliphatic rings. The standard InChI is InChI=1S/C17H25NO3/c1-17(13-16(19)20,18-10-4-3-5-11-18)12-14-6-8-15(21-2)9-7-14/h6-9H,3-5,10-13H2,1-2H3,(H,19,20). The number of nitrogens with zero attached hydrogens (tertiary/aromatic N) is 1. The lowest BCUT2D eigenvalue weighted by Crippen LogP contribution is -2.51. The first-order chi connectivity index (χ1) is 10.0. The van der Waals surface area contributed by atoms with E-state index in [0.717, 1.165) is 43.7 Å². The Bertz CT molecular complexity index is 465. The lowest BCUT2D eigenvalue weighted by molar-refractivity contribution is -0.140. The highest BCUT2D eigenvalue weighted by molar-refractivity contribution is 5.68. The van der Waals surface area contributed by atoms with E-state index in [1.165, 1.54) is 6.42 Å². The first-order valence-electron chi connectivity index (χ1n) is 7.63. The maximum absolute atomic E-state index is 11.3. The number of aliphatic carboxylic acids is 1. The summed E-state index contributed by atoms with van der Waals surface area (Å²) in [5.41, 5.74) is 0.839. The monoisotopic (exact) mass is 291 g/mol. The molecule has 1 fully saturated rings. The van der Waals surface area contributed by atoms with Crippen LogP contribution in [0.3, 0.4) is 0 Å². The summed E-state index contributed by atoms with van der Waals surface area (Å²) in [5, 5.41) is 9.29. The Morgan fingerprint density at radius 1 is 1.24 bits per heavy atom. The summed E-state index contributed by atoms with van der Waals surface area (Å²) >= 11 is 0. The minimum absolute atomic E-state index is 0.180. The lowest BCUT2D eigenvalue weighted by Gasteiger charge is -2.43. The number of likely N-dealkylation sites (tertiary alicyclic amines) is 1. The zero-order chi connectivity index (χ0) is 15.3. The Kier molecular flexibility index (Phi) is 5.23. The molecule has 116 valence electrons. The molecule has 1 saturated heterocycles. The van der Waals surface area contributed by atoms with E-state index < -0.39 is 5.97 Å². The van der Waals surface area contributed by atoms with Gasteiger partial charge in [0.2, 0.25) is 0 Å². The van der Waals surface area contributed by atoms with Crippen LogP contribution in [-0.4, -0.2) is 41.7 Å². The zero-order valence-corrected chi connectivity index (χ0v) is 13.0. The summed E-state index contributed by atoms with van der Waals surface area (Å²) in [6, 6.07) is 7.94. The van der Waals surface area contributed by atoms with Gasteiger partial charge in [-0.1, -0.05) is 18.6 Å². The van der Waals surface area contributed by atoms with Crippen LogP contribution < -0.4 is 4.74 Å². The molecule has 4 nitrogen and oxygen atoms in total. The summed E-state index contributed by atoms with van der Waals surface area (Å²) in [4.78, 5) is 13.7. The molecular weight excluding hydrogens is 266 g/mol. The molecule has 1 aromatic carbocycles. The maximum atomic E-state index is 11.3. The van der Waals surface area contributed by atoms with Gasteiger partial charge in [0.1, 0.15) is 5.75 Å². The molecular formula is C17H25NO3. The zero-order valence-electron chi connectivity index (χ0n) is 13.0. The van der Waals surface area contributed by atoms with Gasteiger partial charge in [0.05, 0.1) is 13.5 Å². The van der Waals surface area contributed by atoms with Gasteiger partial charge in [-0.3, -0.25) is 9.69 Å². The molecule has 0 aliphatic carbocycles. The summed E-state index contributed by atoms with van der Waals surface area (Å²) in [6.07, 6.45) is 4.51. The number of piperidine rings is 1. The second-order valence-corrected chi connectivity index (χ2v) is 6.14. The van der Waals surface area contributed by atoms with Gasteiger partial charge in [-0.25, -0.2) is 0 Å². The van der Waals surface area contributed by atoms with Crippen LogP contribution >= 0.6 is 0 Å². The fourth-order valence-corrected chi connectivity index (χ4v) is 3.23. The highest BCUT2D eigenvalue weighted by atomic mass is 16.5. The summed E-state index contributed by atoms with van der Waals surface area (Å²) < 4.78 is 5.18. The van der Waals surface area contributed by atoms with E-state index in [1.54, 1.807) is 7.11 Å². The molecule has 21 heavy (non-hydrogen) atoms. The van der Waals surface area contributed by atoms with E-state index in [-0.39, 0.29) is 12.0 Å². The molecule has 0 radical (unpaired) electrons. The van der Waals surface area contributed by atoms with Gasteiger partial charge in [0.15, 0.2) is 0 Å². The van der Waals surface area contributed by atoms with Gasteiger partial charge < -0.3 is 9.84 Å². The van der Waals surface area contributed by atoms with E-state index in [4.69, 9.17) is 4.74 Å². The first kappa shape index (κ1) is 15.8. The molecule has 1 aliphatic heterocycles. The Morgan fingerprint density at radius 3 is 2.38 bits per heavy atom. The molecule has 1 atom stereocenters. The smallest absolute Gasteiger partial charge is 0.305 e. The van der Waals surface area contributed by atoms with E-state index >= 15 is 0 Å². The van der Waals surface area contributed by atoms with Crippen molar-refractivity contribution in [1.29, 1.82) is 0 Å². The lowest BCUT2D eigenvalue weighted by atomic mass is 9.86. The quantitative estimate of drug-likeness (QED) is 0.875. The fourth-order valence-electron chi connectivity index (χ4n) is 3.23. The maximum Gasteiger partial charge on any atom is 0.305 e. The molecule has 0 amide bonds. The first-order valence-corrected chi connectivity index (χ1v) is 7.63. The molecule has 0 spiro atoms. The van der Waals surface area contributed by atoms with E-state index in [2.05, 4.69) is 11.8 Å². The van der Waals surface area contributed by atoms with E-state index in [1.807, 2.05) is 24.3 Å². The number of ether oxygens (including phenoxy) is 1. The third-order valence-corrected chi connectivity index (χ3v) is 4.40. The third-order valence-electron chi connectivity index (χ3n) is 4.40. The predicted molar refractivity (Wildman–Crippen MR) is 82.8 cm³/mol. The number of rotatable bonds is 6. The van der Waals surface area contributed by atoms with Gasteiger partial charge in [-0.15, -0.1) is 0 Å². The molecule has 1 heterocycles. The Labute approximate surface area is 126 Å². The van der Waals surface area contributed by atoms with Crippen LogP contribution in [0.5, 0.6) is 5.75 Å². The average Bonchev–Trinajstić information content (AvgIpc) is 2.48. The number of carboxylic acid groups (broad SMARTS) is 1. The highest BCUT2D eigenvalue weighted by Crippen LogP contribution is 2.28. The van der Waals surface area contributed by atoms with Gasteiger partial charge in [-0.05, 0) is 57.0 Å². The molecule has 1 N–H and O–H groups in total. The second kappa shape index (κ2) is 6.94. The molecule has 0 saturated carbocycles. The van der Waals surface area contributed by atoms with E-state index in [9.17, 15) is 9.90 Å². The van der Waals surface area contributed by atoms with Crippen LogP contribution in [-0.2, 0) is 11.2 Å². The minimum atomic E-state index is -0.725. The highest BCUT2D eigenvalue weighted by Gasteiger charge is 2.35. The molecule has 1 aromatic rings. The number of hydrogen-bond donors (Lipinski definition) is 1. The van der Waals surface area contributed by atoms with Crippen LogP contribution in [0, 0.1) is 0 Å². The van der Waals surface area contributed by atoms with Gasteiger partial charge in [-0.2, -0.15) is 0 Å². The topological polar surface area (TPSA) is 49.8 Å². The van der Waals surface area contributed by atoms with Crippen molar-refractivity contribution in [2.45, 2.75) is 44.6 Å². The fraction of sp³-hybridized carbons (Fsp3) is 0.588. The van der Waals surface area contributed by atoms with Gasteiger partial charge >= 0.3 is 5.97 Å². The van der Waals surface area contributed by atoms with E-state index in [0.29, 0.717) is 0 Å². The van der Waals surface area contributed by atoms with Crippen molar-refractivity contribution in [2.75, 3.05) is 20.2 Å². The predicted octanol–water partition coefficient (Wildman–Crippen LogP) is 2.96. The van der Waals surface area contributed by atoms with Crippen molar-refractivity contribution >= 4 is 5.97 Å². The van der Waals surface area contributed by atoms with Gasteiger partial charge in [0.25, 0.3) is 0 Å². The largest absolute Gasteiger partial charge is 0.497 e. The number of methoxy groups -OCH3 is 1. The Hall–Kier alpha value is -1.55. The van der Waals surface area contributed by atoms with Crippen molar-refractivity contribution in [2.24, 2.45) is 0 Å². The molecule has 0 aromatic heterocycles. The van der Waals surface area contributed by atoms with Crippen molar-refractivity contribution in [3.05, 3.63) is 29.8 Å². The third kappa shape index (κ3) is 4.21. The van der Waals surface area contributed by atoms with Crippen LogP contribution in [0.25, 0.3) is 0 Å². The van der Waals surface area contributed by atoms with Crippen molar-refractivity contribution in [3.8, 4) is 5.75 Å². The molecule has 1 unspecified atom stereocenters. The Balaban J connectivity index is 2.15. The van der Waals surface area contributed by atoms with Crippen LogP contribution in [0.2, 0.25) is 0 Å². The summed E-state index contributed by atoms with van der Waals surface area (Å²) in [5.74, 6) is 0.105. The number of hydrogen-bond acceptors (Lipinski definition) is 3. The van der Waals surface area contributed by atoms with Crippen molar-refractivity contribution in [3.63, 3.8) is 0 Å². The number of carbonyl (C=O) groups is 1. The minimum Gasteiger partial charge on any atom is -0.497 e.